The topological polar surface area (TPSA) is 140 Å². The molecule has 0 radical (unpaired) electrons. The van der Waals surface area contributed by atoms with Crippen molar-refractivity contribution in [3.63, 3.8) is 0 Å². The smallest absolute Gasteiger partial charge is 0.306 e. The van der Waals surface area contributed by atoms with Gasteiger partial charge in [0.05, 0.1) is 49.4 Å². The molecule has 0 bridgehead atoms. The molecule has 3 aromatic heterocycles. The van der Waals surface area contributed by atoms with E-state index in [0.717, 1.165) is 11.6 Å². The summed E-state index contributed by atoms with van der Waals surface area (Å²) in [5.74, 6) is -1.04. The number of methoxy groups -OCH3 is 1. The molecule has 4 aromatic rings. The molecule has 1 aromatic carbocycles. The molecule has 41 heavy (non-hydrogen) atoms. The maximum atomic E-state index is 15.3. The third kappa shape index (κ3) is 7.33. The van der Waals surface area contributed by atoms with E-state index in [-0.39, 0.29) is 35.5 Å². The normalized spacial score (nSPS) is 12.6. The van der Waals surface area contributed by atoms with Crippen molar-refractivity contribution in [2.75, 3.05) is 17.7 Å². The number of benzene rings is 1. The van der Waals surface area contributed by atoms with Crippen LogP contribution in [0.15, 0.2) is 61.1 Å². The quantitative estimate of drug-likeness (QED) is 0.245. The molecule has 0 fully saturated rings. The van der Waals surface area contributed by atoms with Crippen LogP contribution in [0.5, 0.6) is 5.88 Å². The fourth-order valence-electron chi connectivity index (χ4n) is 4.20. The van der Waals surface area contributed by atoms with Crippen LogP contribution in [0.1, 0.15) is 51.3 Å². The number of aromatic nitrogens is 5. The first-order chi connectivity index (χ1) is 19.6. The number of halogens is 1. The van der Waals surface area contributed by atoms with E-state index in [1.807, 2.05) is 43.3 Å². The lowest BCUT2D eigenvalue weighted by Crippen LogP contribution is -2.28. The maximum absolute atomic E-state index is 15.3. The Hall–Kier alpha value is -5.05. The molecule has 0 unspecified atom stereocenters. The van der Waals surface area contributed by atoms with Gasteiger partial charge in [-0.1, -0.05) is 42.5 Å². The van der Waals surface area contributed by atoms with E-state index in [1.54, 1.807) is 33.0 Å². The average molecular weight is 559 g/mol. The van der Waals surface area contributed by atoms with Crippen molar-refractivity contribution in [2.24, 2.45) is 5.92 Å². The van der Waals surface area contributed by atoms with Gasteiger partial charge in [0, 0.05) is 0 Å². The van der Waals surface area contributed by atoms with Crippen LogP contribution in [0, 0.1) is 23.1 Å². The van der Waals surface area contributed by atoms with Crippen molar-refractivity contribution in [1.82, 2.24) is 25.0 Å². The van der Waals surface area contributed by atoms with Crippen molar-refractivity contribution in [1.29, 1.82) is 5.26 Å². The fourth-order valence-corrected chi connectivity index (χ4v) is 4.20. The molecular formula is C29H31FN8O3. The Morgan fingerprint density at radius 2 is 1.95 bits per heavy atom. The summed E-state index contributed by atoms with van der Waals surface area (Å²) in [6.07, 6.45) is 4.73. The summed E-state index contributed by atoms with van der Waals surface area (Å²) in [6, 6.07) is 13.7. The standard InChI is InChI=1S/C29H31FN8O3/c1-18(13-24(39)41-29(2,3)4)25(19-9-7-6-8-10-19)35-27-22(30)14-20(16-31)26(36-27)34-21-15-23(28(40-5)32-17-21)38-12-11-33-37-38/h6-12,14-15,17-18,25H,13H2,1-5H3,(H2,34,35,36)/t18-,25+/m1/s1. The molecule has 0 spiro atoms. The van der Waals surface area contributed by atoms with Crippen molar-refractivity contribution in [2.45, 2.75) is 45.8 Å². The molecule has 4 rings (SSSR count). The Bertz CT molecular complexity index is 1530. The van der Waals surface area contributed by atoms with Crippen molar-refractivity contribution in [3.05, 3.63) is 78.0 Å². The van der Waals surface area contributed by atoms with Gasteiger partial charge in [-0.3, -0.25) is 4.79 Å². The number of hydrogen-bond acceptors (Lipinski definition) is 10. The number of carbonyl (C=O) groups excluding carboxylic acids is 1. The summed E-state index contributed by atoms with van der Waals surface area (Å²) in [5.41, 5.74) is 1.15. The number of ether oxygens (including phenoxy) is 2. The van der Waals surface area contributed by atoms with E-state index < -0.39 is 17.5 Å². The number of nitrogens with zero attached hydrogens (tertiary/aromatic N) is 6. The second kappa shape index (κ2) is 12.4. The van der Waals surface area contributed by atoms with Crippen LogP contribution >= 0.6 is 0 Å². The highest BCUT2D eigenvalue weighted by molar-refractivity contribution is 5.70. The van der Waals surface area contributed by atoms with Gasteiger partial charge in [-0.25, -0.2) is 19.0 Å². The Labute approximate surface area is 237 Å². The molecule has 0 aliphatic heterocycles. The second-order valence-corrected chi connectivity index (χ2v) is 10.4. The fraction of sp³-hybridized carbons (Fsp3) is 0.310. The molecular weight excluding hydrogens is 527 g/mol. The highest BCUT2D eigenvalue weighted by Crippen LogP contribution is 2.32. The number of anilines is 3. The van der Waals surface area contributed by atoms with Gasteiger partial charge >= 0.3 is 5.97 Å². The molecule has 12 heteroatoms. The van der Waals surface area contributed by atoms with E-state index >= 15 is 4.39 Å². The zero-order chi connectivity index (χ0) is 29.6. The van der Waals surface area contributed by atoms with Crippen LogP contribution in [-0.2, 0) is 9.53 Å². The number of carbonyl (C=O) groups is 1. The summed E-state index contributed by atoms with van der Waals surface area (Å²) in [6.45, 7) is 7.30. The number of hydrogen-bond donors (Lipinski definition) is 2. The van der Waals surface area contributed by atoms with Gasteiger partial charge in [-0.15, -0.1) is 5.10 Å². The zero-order valence-electron chi connectivity index (χ0n) is 23.4. The monoisotopic (exact) mass is 558 g/mol. The first-order valence-corrected chi connectivity index (χ1v) is 12.9. The Kier molecular flexibility index (Phi) is 8.77. The Morgan fingerprint density at radius 1 is 1.20 bits per heavy atom. The number of nitrogens with one attached hydrogen (secondary N) is 2. The van der Waals surface area contributed by atoms with Crippen LogP contribution in [-0.4, -0.2) is 43.6 Å². The van der Waals surface area contributed by atoms with Gasteiger partial charge < -0.3 is 20.1 Å². The summed E-state index contributed by atoms with van der Waals surface area (Å²) in [4.78, 5) is 21.3. The first kappa shape index (κ1) is 28.9. The zero-order valence-corrected chi connectivity index (χ0v) is 23.4. The van der Waals surface area contributed by atoms with Crippen LogP contribution in [0.3, 0.4) is 0 Å². The summed E-state index contributed by atoms with van der Waals surface area (Å²) < 4.78 is 27.6. The number of esters is 1. The van der Waals surface area contributed by atoms with Gasteiger partial charge in [0.2, 0.25) is 5.88 Å². The summed E-state index contributed by atoms with van der Waals surface area (Å²) in [7, 11) is 1.48. The van der Waals surface area contributed by atoms with E-state index in [1.165, 1.54) is 24.2 Å². The number of rotatable bonds is 10. The van der Waals surface area contributed by atoms with Gasteiger partial charge in [0.1, 0.15) is 17.4 Å². The highest BCUT2D eigenvalue weighted by atomic mass is 19.1. The molecule has 0 aliphatic rings. The number of pyridine rings is 2. The molecule has 3 heterocycles. The molecule has 2 N–H and O–H groups in total. The Balaban J connectivity index is 1.66. The van der Waals surface area contributed by atoms with Crippen LogP contribution in [0.4, 0.5) is 21.7 Å². The van der Waals surface area contributed by atoms with Crippen molar-refractivity contribution in [3.8, 4) is 17.6 Å². The van der Waals surface area contributed by atoms with E-state index in [9.17, 15) is 10.1 Å². The highest BCUT2D eigenvalue weighted by Gasteiger charge is 2.27. The van der Waals surface area contributed by atoms with Crippen molar-refractivity contribution < 1.29 is 18.7 Å². The van der Waals surface area contributed by atoms with E-state index in [2.05, 4.69) is 30.9 Å². The Morgan fingerprint density at radius 3 is 2.59 bits per heavy atom. The van der Waals surface area contributed by atoms with Crippen LogP contribution in [0.2, 0.25) is 0 Å². The van der Waals surface area contributed by atoms with Crippen LogP contribution < -0.4 is 15.4 Å². The minimum atomic E-state index is -0.714. The second-order valence-electron chi connectivity index (χ2n) is 10.4. The molecule has 2 atom stereocenters. The summed E-state index contributed by atoms with van der Waals surface area (Å²) >= 11 is 0. The van der Waals surface area contributed by atoms with Gasteiger partial charge in [0.25, 0.3) is 0 Å². The van der Waals surface area contributed by atoms with Crippen molar-refractivity contribution >= 4 is 23.3 Å². The molecule has 212 valence electrons. The largest absolute Gasteiger partial charge is 0.479 e. The van der Waals surface area contributed by atoms with Gasteiger partial charge in [-0.2, -0.15) is 5.26 Å². The molecule has 0 saturated carbocycles. The van der Waals surface area contributed by atoms with Gasteiger partial charge in [-0.05, 0) is 44.4 Å². The minimum Gasteiger partial charge on any atom is -0.479 e. The summed E-state index contributed by atoms with van der Waals surface area (Å²) in [5, 5.41) is 23.7. The van der Waals surface area contributed by atoms with E-state index in [4.69, 9.17) is 9.47 Å². The molecule has 0 saturated heterocycles. The predicted molar refractivity (Wildman–Crippen MR) is 150 cm³/mol. The lowest BCUT2D eigenvalue weighted by Gasteiger charge is -2.27. The SMILES string of the molecule is COc1ncc(Nc2nc(N[C@H](c3ccccc3)[C@H](C)CC(=O)OC(C)(C)C)c(F)cc2C#N)cc1-n1ccnn1. The number of nitriles is 1. The lowest BCUT2D eigenvalue weighted by atomic mass is 9.91. The van der Waals surface area contributed by atoms with Gasteiger partial charge in [0.15, 0.2) is 17.5 Å². The predicted octanol–water partition coefficient (Wildman–Crippen LogP) is 5.34. The van der Waals surface area contributed by atoms with Crippen LogP contribution in [0.25, 0.3) is 5.69 Å². The third-order valence-corrected chi connectivity index (χ3v) is 5.98. The molecule has 11 nitrogen and oxygen atoms in total. The maximum Gasteiger partial charge on any atom is 0.306 e. The third-order valence-electron chi connectivity index (χ3n) is 5.98. The average Bonchev–Trinajstić information content (AvgIpc) is 3.47. The first-order valence-electron chi connectivity index (χ1n) is 12.9. The molecule has 0 amide bonds. The lowest BCUT2D eigenvalue weighted by molar-refractivity contribution is -0.155. The molecule has 0 aliphatic carbocycles. The van der Waals surface area contributed by atoms with E-state index in [0.29, 0.717) is 17.3 Å². The minimum absolute atomic E-state index is 0.00996.